The van der Waals surface area contributed by atoms with E-state index in [0.29, 0.717) is 28.3 Å². The molecule has 0 saturated carbocycles. The van der Waals surface area contributed by atoms with Crippen molar-refractivity contribution < 1.29 is 18.7 Å². The van der Waals surface area contributed by atoms with E-state index in [1.807, 2.05) is 6.92 Å². The number of hydrogen-bond donors (Lipinski definition) is 1. The molecule has 1 aliphatic heterocycles. The fourth-order valence-electron chi connectivity index (χ4n) is 3.84. The predicted molar refractivity (Wildman–Crippen MR) is 114 cm³/mol. The van der Waals surface area contributed by atoms with E-state index in [-0.39, 0.29) is 31.0 Å². The fourth-order valence-corrected chi connectivity index (χ4v) is 3.84. The molecule has 0 unspecified atom stereocenters. The third-order valence-electron chi connectivity index (χ3n) is 5.30. The highest BCUT2D eigenvalue weighted by molar-refractivity contribution is 6.01. The highest BCUT2D eigenvalue weighted by Gasteiger charge is 2.38. The van der Waals surface area contributed by atoms with Crippen LogP contribution in [0, 0.1) is 5.82 Å². The maximum atomic E-state index is 14.5. The van der Waals surface area contributed by atoms with Crippen LogP contribution in [0.25, 0.3) is 16.1 Å². The van der Waals surface area contributed by atoms with Crippen LogP contribution in [-0.2, 0) is 11.2 Å². The minimum atomic E-state index is -0.839. The van der Waals surface area contributed by atoms with E-state index < -0.39 is 17.6 Å². The van der Waals surface area contributed by atoms with Gasteiger partial charge in [0.1, 0.15) is 22.7 Å². The van der Waals surface area contributed by atoms with E-state index in [1.54, 1.807) is 38.4 Å². The zero-order valence-corrected chi connectivity index (χ0v) is 17.9. The maximum Gasteiger partial charge on any atom is 0.345 e. The van der Waals surface area contributed by atoms with Crippen molar-refractivity contribution in [2.24, 2.45) is 5.11 Å². The molecule has 1 aliphatic rings. The third-order valence-corrected chi connectivity index (χ3v) is 5.30. The summed E-state index contributed by atoms with van der Waals surface area (Å²) < 4.78 is 27.3. The lowest BCUT2D eigenvalue weighted by molar-refractivity contribution is 0.0529. The second-order valence-corrected chi connectivity index (χ2v) is 7.76. The topological polar surface area (TPSA) is 127 Å². The van der Waals surface area contributed by atoms with Gasteiger partial charge in [-0.3, -0.25) is 0 Å². The van der Waals surface area contributed by atoms with Crippen molar-refractivity contribution in [3.05, 3.63) is 63.5 Å². The number of benzene rings is 1. The van der Waals surface area contributed by atoms with Crippen LogP contribution in [0.2, 0.25) is 0 Å². The Morgan fingerprint density at radius 2 is 2.34 bits per heavy atom. The first-order valence-corrected chi connectivity index (χ1v) is 10.1. The van der Waals surface area contributed by atoms with Crippen LogP contribution in [0.15, 0.2) is 35.7 Å². The summed E-state index contributed by atoms with van der Waals surface area (Å²) in [6.07, 6.45) is 3.53. The minimum Gasteiger partial charge on any atom is -0.486 e. The van der Waals surface area contributed by atoms with Gasteiger partial charge in [0.2, 0.25) is 0 Å². The summed E-state index contributed by atoms with van der Waals surface area (Å²) in [4.78, 5) is 19.6. The highest BCUT2D eigenvalue weighted by atomic mass is 19.1. The third kappa shape index (κ3) is 3.78. The van der Waals surface area contributed by atoms with Crippen LogP contribution in [0.3, 0.4) is 0 Å². The molecule has 0 radical (unpaired) electrons. The summed E-state index contributed by atoms with van der Waals surface area (Å²) in [5.74, 6) is -0.231. The average Bonchev–Trinajstić information content (AvgIpc) is 3.31. The largest absolute Gasteiger partial charge is 0.486 e. The Hall–Kier alpha value is -3.85. The summed E-state index contributed by atoms with van der Waals surface area (Å²) in [7, 11) is 0. The van der Waals surface area contributed by atoms with Crippen LogP contribution in [0.1, 0.15) is 48.3 Å². The summed E-state index contributed by atoms with van der Waals surface area (Å²) in [6, 6.07) is 4.31. The predicted octanol–water partition coefficient (Wildman–Crippen LogP) is 4.22. The zero-order valence-electron chi connectivity index (χ0n) is 17.9. The van der Waals surface area contributed by atoms with E-state index in [1.165, 1.54) is 10.6 Å². The average molecular weight is 439 g/mol. The van der Waals surface area contributed by atoms with Crippen molar-refractivity contribution in [2.45, 2.75) is 38.8 Å². The van der Waals surface area contributed by atoms with Gasteiger partial charge in [0, 0.05) is 34.9 Å². The molecule has 11 heteroatoms. The molecule has 1 N–H and O–H groups in total. The van der Waals surface area contributed by atoms with Gasteiger partial charge >= 0.3 is 5.97 Å². The lowest BCUT2D eigenvalue weighted by Gasteiger charge is -2.23. The van der Waals surface area contributed by atoms with Crippen molar-refractivity contribution >= 4 is 17.4 Å². The number of anilines is 1. The molecule has 1 aromatic carbocycles. The fraction of sp³-hybridized carbons (Fsp3) is 0.381. The maximum absolute atomic E-state index is 14.5. The lowest BCUT2D eigenvalue weighted by Crippen LogP contribution is -2.33. The molecule has 2 atom stereocenters. The normalized spacial score (nSPS) is 17.9. The Morgan fingerprint density at radius 1 is 1.53 bits per heavy atom. The molecule has 3 heterocycles. The van der Waals surface area contributed by atoms with Gasteiger partial charge in [0.25, 0.3) is 0 Å². The summed E-state index contributed by atoms with van der Waals surface area (Å²) in [5, 5.41) is 11.3. The van der Waals surface area contributed by atoms with Crippen LogP contribution < -0.4 is 10.1 Å². The summed E-state index contributed by atoms with van der Waals surface area (Å²) in [5.41, 5.74) is 9.51. The SMILES string of the molecule is CCOC(=O)c1c(N[C@H](C)c2ccc(F)c3c2O[C@@](C)(CN=[N+]=[N-])C3)nn2cccnc12. The molecule has 0 fully saturated rings. The number of aromatic nitrogens is 3. The Morgan fingerprint density at radius 3 is 3.09 bits per heavy atom. The number of nitrogens with one attached hydrogen (secondary N) is 1. The summed E-state index contributed by atoms with van der Waals surface area (Å²) in [6.45, 7) is 5.63. The molecule has 166 valence electrons. The summed E-state index contributed by atoms with van der Waals surface area (Å²) >= 11 is 0. The highest BCUT2D eigenvalue weighted by Crippen LogP contribution is 2.42. The Balaban J connectivity index is 1.70. The van der Waals surface area contributed by atoms with Crippen molar-refractivity contribution in [1.82, 2.24) is 14.6 Å². The van der Waals surface area contributed by atoms with Gasteiger partial charge in [-0.15, -0.1) is 5.10 Å². The van der Waals surface area contributed by atoms with Gasteiger partial charge < -0.3 is 14.8 Å². The first-order chi connectivity index (χ1) is 15.4. The van der Waals surface area contributed by atoms with Crippen LogP contribution >= 0.6 is 0 Å². The molecule has 2 aromatic heterocycles. The molecule has 4 rings (SSSR count). The number of carbonyl (C=O) groups is 1. The van der Waals surface area contributed by atoms with Gasteiger partial charge in [-0.2, -0.15) is 0 Å². The molecule has 0 saturated heterocycles. The Labute approximate surface area is 183 Å². The Kier molecular flexibility index (Phi) is 5.58. The number of hydrogen-bond acceptors (Lipinski definition) is 7. The molecule has 0 amide bonds. The number of ether oxygens (including phenoxy) is 2. The van der Waals surface area contributed by atoms with Crippen LogP contribution in [0.4, 0.5) is 10.2 Å². The second-order valence-electron chi connectivity index (χ2n) is 7.76. The minimum absolute atomic E-state index is 0.0734. The van der Waals surface area contributed by atoms with E-state index in [9.17, 15) is 9.18 Å². The van der Waals surface area contributed by atoms with Crippen molar-refractivity contribution in [3.63, 3.8) is 0 Å². The van der Waals surface area contributed by atoms with Crippen molar-refractivity contribution in [3.8, 4) is 5.75 Å². The van der Waals surface area contributed by atoms with Gasteiger partial charge in [0.05, 0.1) is 19.2 Å². The van der Waals surface area contributed by atoms with Crippen LogP contribution in [0.5, 0.6) is 5.75 Å². The first-order valence-electron chi connectivity index (χ1n) is 10.1. The van der Waals surface area contributed by atoms with Crippen molar-refractivity contribution in [2.75, 3.05) is 18.5 Å². The number of rotatable bonds is 7. The molecule has 3 aromatic rings. The standard InChI is InChI=1S/C21H22FN7O3/c1-4-31-20(30)16-18(27-29-9-5-8-24-19(16)29)26-12(2)13-6-7-15(22)14-10-21(3,11-25-28-23)32-17(13)14/h5-9,12H,4,10-11H2,1-3H3,(H,26,27)/t12-,21-/m1/s1. The number of fused-ring (bicyclic) bond motifs is 2. The van der Waals surface area contributed by atoms with Gasteiger partial charge in [-0.1, -0.05) is 11.2 Å². The number of esters is 1. The smallest absolute Gasteiger partial charge is 0.345 e. The van der Waals surface area contributed by atoms with E-state index in [2.05, 4.69) is 25.4 Å². The van der Waals surface area contributed by atoms with E-state index in [0.717, 1.165) is 0 Å². The molecular formula is C21H22FN7O3. The number of halogens is 1. The van der Waals surface area contributed by atoms with E-state index in [4.69, 9.17) is 15.0 Å². The molecule has 32 heavy (non-hydrogen) atoms. The quantitative estimate of drug-likeness (QED) is 0.254. The van der Waals surface area contributed by atoms with Crippen molar-refractivity contribution in [1.29, 1.82) is 0 Å². The molecular weight excluding hydrogens is 417 g/mol. The van der Waals surface area contributed by atoms with Gasteiger partial charge in [0.15, 0.2) is 11.5 Å². The number of nitrogens with zero attached hydrogens (tertiary/aromatic N) is 6. The molecule has 0 aliphatic carbocycles. The Bertz CT molecular complexity index is 1240. The van der Waals surface area contributed by atoms with Crippen LogP contribution in [-0.4, -0.2) is 39.3 Å². The number of carbonyl (C=O) groups excluding carboxylic acids is 1. The zero-order chi connectivity index (χ0) is 22.9. The number of azide groups is 1. The lowest BCUT2D eigenvalue weighted by atomic mass is 9.97. The molecule has 0 spiro atoms. The second kappa shape index (κ2) is 8.35. The van der Waals surface area contributed by atoms with Gasteiger partial charge in [-0.25, -0.2) is 18.7 Å². The van der Waals surface area contributed by atoms with E-state index >= 15 is 0 Å². The first kappa shape index (κ1) is 21.4. The molecule has 0 bridgehead atoms. The monoisotopic (exact) mass is 439 g/mol. The molecule has 10 nitrogen and oxygen atoms in total. The van der Waals surface area contributed by atoms with Gasteiger partial charge in [-0.05, 0) is 38.4 Å².